The van der Waals surface area contributed by atoms with E-state index in [0.717, 1.165) is 0 Å². The highest BCUT2D eigenvalue weighted by Gasteiger charge is 2.27. The number of fused-ring (bicyclic) bond motifs is 1. The first-order valence-electron chi connectivity index (χ1n) is 9.10. The molecule has 0 fully saturated rings. The van der Waals surface area contributed by atoms with Gasteiger partial charge in [-0.3, -0.25) is 14.5 Å². The molecule has 160 valence electrons. The Morgan fingerprint density at radius 3 is 2.81 bits per heavy atom. The fourth-order valence-corrected chi connectivity index (χ4v) is 4.55. The number of rotatable bonds is 5. The number of anilines is 2. The van der Waals surface area contributed by atoms with Gasteiger partial charge < -0.3 is 14.4 Å². The molecule has 3 heterocycles. The predicted octanol–water partition coefficient (Wildman–Crippen LogP) is 2.98. The van der Waals surface area contributed by atoms with Crippen LogP contribution in [0.1, 0.15) is 10.4 Å². The number of aromatic nitrogens is 2. The molecule has 1 aliphatic heterocycles. The summed E-state index contributed by atoms with van der Waals surface area (Å²) in [5, 5.41) is 0.233. The third kappa shape index (κ3) is 4.25. The van der Waals surface area contributed by atoms with Crippen molar-refractivity contribution in [3.63, 3.8) is 0 Å². The number of pyridine rings is 2. The molecule has 2 aromatic heterocycles. The third-order valence-corrected chi connectivity index (χ3v) is 6.14. The van der Waals surface area contributed by atoms with Crippen LogP contribution < -0.4 is 19.1 Å². The van der Waals surface area contributed by atoms with Gasteiger partial charge in [-0.25, -0.2) is 13.4 Å². The Balaban J connectivity index is 1.69. The molecule has 0 unspecified atom stereocenters. The third-order valence-electron chi connectivity index (χ3n) is 4.51. The standard InChI is InChI=1S/C20H17ClN4O5S/c1-29-17-5-4-13(21)9-18(17)31(27,28)24-14-10-16-19(23-11-14)30-8-7-25(20(16)26)15-3-2-6-22-12-15/h2-6,9-12,24H,7-8H2,1H3. The molecule has 9 nitrogen and oxygen atoms in total. The van der Waals surface area contributed by atoms with Crippen LogP contribution in [0.5, 0.6) is 11.6 Å². The van der Waals surface area contributed by atoms with Crippen LogP contribution in [0, 0.1) is 0 Å². The number of nitrogens with zero attached hydrogens (tertiary/aromatic N) is 3. The number of amides is 1. The Bertz CT molecular complexity index is 1240. The number of carbonyl (C=O) groups is 1. The van der Waals surface area contributed by atoms with Crippen LogP contribution in [-0.2, 0) is 10.0 Å². The fourth-order valence-electron chi connectivity index (χ4n) is 3.09. The number of nitrogens with one attached hydrogen (secondary N) is 1. The van der Waals surface area contributed by atoms with Gasteiger partial charge in [-0.2, -0.15) is 0 Å². The zero-order chi connectivity index (χ0) is 22.0. The Kier molecular flexibility index (Phi) is 5.66. The Morgan fingerprint density at radius 2 is 2.06 bits per heavy atom. The molecule has 0 spiro atoms. The average Bonchev–Trinajstić information content (AvgIpc) is 2.93. The fraction of sp³-hybridized carbons (Fsp3) is 0.150. The smallest absolute Gasteiger partial charge is 0.265 e. The summed E-state index contributed by atoms with van der Waals surface area (Å²) in [5.41, 5.74) is 0.809. The van der Waals surface area contributed by atoms with E-state index >= 15 is 0 Å². The number of halogens is 1. The molecule has 1 aliphatic rings. The predicted molar refractivity (Wildman–Crippen MR) is 114 cm³/mol. The molecule has 0 atom stereocenters. The van der Waals surface area contributed by atoms with Crippen LogP contribution in [0.4, 0.5) is 11.4 Å². The molecule has 1 aromatic carbocycles. The summed E-state index contributed by atoms with van der Waals surface area (Å²) >= 11 is 5.96. The molecule has 0 bridgehead atoms. The molecule has 1 amide bonds. The van der Waals surface area contributed by atoms with Crippen molar-refractivity contribution < 1.29 is 22.7 Å². The van der Waals surface area contributed by atoms with Gasteiger partial charge in [0, 0.05) is 11.2 Å². The van der Waals surface area contributed by atoms with Gasteiger partial charge in [0.2, 0.25) is 5.88 Å². The summed E-state index contributed by atoms with van der Waals surface area (Å²) in [5.74, 6) is -0.129. The van der Waals surface area contributed by atoms with Gasteiger partial charge in [0.05, 0.1) is 37.4 Å². The van der Waals surface area contributed by atoms with Crippen LogP contribution >= 0.6 is 11.6 Å². The Labute approximate surface area is 183 Å². The lowest BCUT2D eigenvalue weighted by Gasteiger charge is -2.19. The number of sulfonamides is 1. The summed E-state index contributed by atoms with van der Waals surface area (Å²) in [6.45, 7) is 0.521. The van der Waals surface area contributed by atoms with Crippen molar-refractivity contribution in [1.82, 2.24) is 9.97 Å². The molecule has 4 rings (SSSR count). The minimum Gasteiger partial charge on any atom is -0.495 e. The molecule has 0 aliphatic carbocycles. The number of carbonyl (C=O) groups excluding carboxylic acids is 1. The van der Waals surface area contributed by atoms with Crippen molar-refractivity contribution in [3.8, 4) is 11.6 Å². The van der Waals surface area contributed by atoms with Crippen LogP contribution in [0.2, 0.25) is 5.02 Å². The van der Waals surface area contributed by atoms with Crippen molar-refractivity contribution in [1.29, 1.82) is 0 Å². The average molecular weight is 461 g/mol. The number of hydrogen-bond acceptors (Lipinski definition) is 7. The van der Waals surface area contributed by atoms with Gasteiger partial charge in [-0.05, 0) is 36.4 Å². The lowest BCUT2D eigenvalue weighted by molar-refractivity contribution is 0.0989. The molecular weight excluding hydrogens is 444 g/mol. The van der Waals surface area contributed by atoms with Gasteiger partial charge in [-0.15, -0.1) is 0 Å². The van der Waals surface area contributed by atoms with Gasteiger partial charge in [0.25, 0.3) is 15.9 Å². The molecule has 31 heavy (non-hydrogen) atoms. The Morgan fingerprint density at radius 1 is 1.23 bits per heavy atom. The maximum atomic E-state index is 13.1. The van der Waals surface area contributed by atoms with Crippen LogP contribution in [0.3, 0.4) is 0 Å². The van der Waals surface area contributed by atoms with E-state index in [0.29, 0.717) is 12.2 Å². The van der Waals surface area contributed by atoms with E-state index in [1.807, 2.05) is 0 Å². The van der Waals surface area contributed by atoms with E-state index in [1.54, 1.807) is 24.5 Å². The molecule has 1 N–H and O–H groups in total. The van der Waals surface area contributed by atoms with E-state index in [2.05, 4.69) is 14.7 Å². The normalized spacial score (nSPS) is 13.7. The van der Waals surface area contributed by atoms with Crippen molar-refractivity contribution in [2.45, 2.75) is 4.90 Å². The first-order valence-corrected chi connectivity index (χ1v) is 11.0. The SMILES string of the molecule is COc1ccc(Cl)cc1S(=O)(=O)Nc1cnc2c(c1)C(=O)N(c1cccnc1)CCO2. The van der Waals surface area contributed by atoms with Crippen molar-refractivity contribution >= 4 is 38.9 Å². The van der Waals surface area contributed by atoms with Gasteiger partial charge in [-0.1, -0.05) is 11.6 Å². The quantitative estimate of drug-likeness (QED) is 0.623. The minimum absolute atomic E-state index is 0.0887. The van der Waals surface area contributed by atoms with Crippen molar-refractivity contribution in [3.05, 3.63) is 65.6 Å². The molecule has 0 radical (unpaired) electrons. The summed E-state index contributed by atoms with van der Waals surface area (Å²) in [4.78, 5) is 22.7. The van der Waals surface area contributed by atoms with Crippen LogP contribution in [0.25, 0.3) is 0 Å². The second kappa shape index (κ2) is 8.40. The highest BCUT2D eigenvalue weighted by atomic mass is 35.5. The van der Waals surface area contributed by atoms with Gasteiger partial charge >= 0.3 is 0 Å². The van der Waals surface area contributed by atoms with E-state index in [1.165, 1.54) is 42.5 Å². The number of ether oxygens (including phenoxy) is 2. The highest BCUT2D eigenvalue weighted by molar-refractivity contribution is 7.92. The van der Waals surface area contributed by atoms with E-state index < -0.39 is 10.0 Å². The molecular formula is C20H17ClN4O5S. The van der Waals surface area contributed by atoms with Crippen LogP contribution in [0.15, 0.2) is 59.9 Å². The maximum absolute atomic E-state index is 13.1. The molecule has 0 saturated heterocycles. The van der Waals surface area contributed by atoms with E-state index in [-0.39, 0.29) is 45.3 Å². The minimum atomic E-state index is -4.07. The van der Waals surface area contributed by atoms with Crippen molar-refractivity contribution in [2.24, 2.45) is 0 Å². The summed E-state index contributed by atoms with van der Waals surface area (Å²) in [6.07, 6.45) is 4.45. The number of hydrogen-bond donors (Lipinski definition) is 1. The summed E-state index contributed by atoms with van der Waals surface area (Å²) in [6, 6.07) is 9.10. The lowest BCUT2D eigenvalue weighted by atomic mass is 10.2. The second-order valence-electron chi connectivity index (χ2n) is 6.49. The second-order valence-corrected chi connectivity index (χ2v) is 8.58. The lowest BCUT2D eigenvalue weighted by Crippen LogP contribution is -2.32. The molecule has 3 aromatic rings. The largest absolute Gasteiger partial charge is 0.495 e. The first kappa shape index (κ1) is 20.9. The van der Waals surface area contributed by atoms with Crippen molar-refractivity contribution in [2.75, 3.05) is 29.9 Å². The van der Waals surface area contributed by atoms with Crippen LogP contribution in [-0.4, -0.2) is 44.6 Å². The van der Waals surface area contributed by atoms with Gasteiger partial charge in [0.15, 0.2) is 0 Å². The zero-order valence-electron chi connectivity index (χ0n) is 16.3. The summed E-state index contributed by atoms with van der Waals surface area (Å²) < 4.78 is 39.0. The molecule has 0 saturated carbocycles. The van der Waals surface area contributed by atoms with Gasteiger partial charge in [0.1, 0.15) is 22.8 Å². The number of methoxy groups -OCH3 is 1. The highest BCUT2D eigenvalue weighted by Crippen LogP contribution is 2.31. The Hall–Kier alpha value is -3.37. The summed E-state index contributed by atoms with van der Waals surface area (Å²) in [7, 11) is -2.72. The van der Waals surface area contributed by atoms with E-state index in [4.69, 9.17) is 21.1 Å². The van der Waals surface area contributed by atoms with E-state index in [9.17, 15) is 13.2 Å². The first-order chi connectivity index (χ1) is 14.9. The topological polar surface area (TPSA) is 111 Å². The molecule has 11 heteroatoms. The number of benzene rings is 1. The zero-order valence-corrected chi connectivity index (χ0v) is 17.9. The maximum Gasteiger partial charge on any atom is 0.265 e. The monoisotopic (exact) mass is 460 g/mol.